The summed E-state index contributed by atoms with van der Waals surface area (Å²) in [7, 11) is 0. The first kappa shape index (κ1) is 18.3. The number of nitrogens with zero attached hydrogens (tertiary/aromatic N) is 3. The quantitative estimate of drug-likeness (QED) is 0.624. The fraction of sp³-hybridized carbons (Fsp3) is 0.476. The van der Waals surface area contributed by atoms with E-state index in [0.717, 1.165) is 66.9 Å². The summed E-state index contributed by atoms with van der Waals surface area (Å²) >= 11 is 0. The number of hydrogen-bond acceptors (Lipinski definition) is 6. The molecule has 1 aliphatic heterocycles. The number of hydrogen-bond donors (Lipinski definition) is 3. The summed E-state index contributed by atoms with van der Waals surface area (Å²) < 4.78 is 5.47. The lowest BCUT2D eigenvalue weighted by Gasteiger charge is -2.39. The Morgan fingerprint density at radius 2 is 1.97 bits per heavy atom. The maximum atomic E-state index is 11.4. The number of carboxylic acid groups (broad SMARTS) is 1. The van der Waals surface area contributed by atoms with E-state index in [1.54, 1.807) is 24.5 Å². The smallest absolute Gasteiger partial charge is 0.335 e. The van der Waals surface area contributed by atoms with Gasteiger partial charge in [0, 0.05) is 36.1 Å². The second kappa shape index (κ2) is 7.61. The SMILES string of the molecule is O=C(O)c1ccc2[nH]c3ncnc(NC4CCC(N5CCOCC5)CC4)c3c2c1. The Hall–Kier alpha value is -2.71. The number of fused-ring (bicyclic) bond motifs is 3. The van der Waals surface area contributed by atoms with Gasteiger partial charge in [-0.05, 0) is 43.9 Å². The van der Waals surface area contributed by atoms with E-state index in [1.165, 1.54) is 12.8 Å². The second-order valence-electron chi connectivity index (χ2n) is 7.93. The van der Waals surface area contributed by atoms with Crippen LogP contribution < -0.4 is 5.32 Å². The molecule has 152 valence electrons. The minimum atomic E-state index is -0.936. The van der Waals surface area contributed by atoms with Crippen molar-refractivity contribution in [3.63, 3.8) is 0 Å². The third kappa shape index (κ3) is 3.54. The number of anilines is 1. The van der Waals surface area contributed by atoms with Gasteiger partial charge in [-0.3, -0.25) is 4.90 Å². The Balaban J connectivity index is 1.37. The number of benzene rings is 1. The number of carbonyl (C=O) groups is 1. The van der Waals surface area contributed by atoms with E-state index < -0.39 is 5.97 Å². The maximum absolute atomic E-state index is 11.4. The normalized spacial score (nSPS) is 23.4. The van der Waals surface area contributed by atoms with Crippen molar-refractivity contribution in [1.29, 1.82) is 0 Å². The molecule has 2 aromatic heterocycles. The van der Waals surface area contributed by atoms with Crippen LogP contribution in [0.4, 0.5) is 5.82 Å². The van der Waals surface area contributed by atoms with Gasteiger partial charge in [-0.1, -0.05) is 0 Å². The van der Waals surface area contributed by atoms with Gasteiger partial charge in [0.15, 0.2) is 0 Å². The van der Waals surface area contributed by atoms with Gasteiger partial charge in [0.05, 0.1) is 24.2 Å². The molecule has 2 aliphatic rings. The van der Waals surface area contributed by atoms with Crippen molar-refractivity contribution in [1.82, 2.24) is 19.9 Å². The molecule has 1 aromatic carbocycles. The van der Waals surface area contributed by atoms with Gasteiger partial charge in [0.2, 0.25) is 0 Å². The molecule has 3 aromatic rings. The van der Waals surface area contributed by atoms with Crippen LogP contribution in [0.2, 0.25) is 0 Å². The van der Waals surface area contributed by atoms with E-state index >= 15 is 0 Å². The van der Waals surface area contributed by atoms with E-state index in [2.05, 4.69) is 25.2 Å². The molecular weight excluding hydrogens is 370 g/mol. The minimum absolute atomic E-state index is 0.263. The van der Waals surface area contributed by atoms with Gasteiger partial charge < -0.3 is 20.1 Å². The van der Waals surface area contributed by atoms with Crippen molar-refractivity contribution in [2.24, 2.45) is 0 Å². The average Bonchev–Trinajstić information content (AvgIpc) is 3.13. The van der Waals surface area contributed by atoms with Crippen LogP contribution in [-0.4, -0.2) is 69.3 Å². The molecule has 3 heterocycles. The topological polar surface area (TPSA) is 103 Å². The van der Waals surface area contributed by atoms with Crippen molar-refractivity contribution in [3.05, 3.63) is 30.1 Å². The number of morpholine rings is 1. The van der Waals surface area contributed by atoms with Crippen LogP contribution >= 0.6 is 0 Å². The molecule has 29 heavy (non-hydrogen) atoms. The molecule has 0 spiro atoms. The number of carboxylic acids is 1. The summed E-state index contributed by atoms with van der Waals surface area (Å²) in [5.41, 5.74) is 1.85. The maximum Gasteiger partial charge on any atom is 0.335 e. The minimum Gasteiger partial charge on any atom is -0.478 e. The first-order valence-electron chi connectivity index (χ1n) is 10.3. The Morgan fingerprint density at radius 3 is 2.72 bits per heavy atom. The summed E-state index contributed by atoms with van der Waals surface area (Å²) in [5.74, 6) is -0.160. The Bertz CT molecular complexity index is 1040. The molecule has 8 nitrogen and oxygen atoms in total. The molecule has 2 fully saturated rings. The summed E-state index contributed by atoms with van der Waals surface area (Å²) in [6.45, 7) is 3.76. The van der Waals surface area contributed by atoms with Crippen LogP contribution in [0.3, 0.4) is 0 Å². The Labute approximate surface area is 168 Å². The van der Waals surface area contributed by atoms with Crippen molar-refractivity contribution in [2.45, 2.75) is 37.8 Å². The zero-order chi connectivity index (χ0) is 19.8. The summed E-state index contributed by atoms with van der Waals surface area (Å²) in [6.07, 6.45) is 6.08. The van der Waals surface area contributed by atoms with Crippen molar-refractivity contribution in [2.75, 3.05) is 31.6 Å². The first-order chi connectivity index (χ1) is 14.2. The summed E-state index contributed by atoms with van der Waals surface area (Å²) in [6, 6.07) is 6.10. The number of H-pyrrole nitrogens is 1. The lowest BCUT2D eigenvalue weighted by molar-refractivity contribution is 0.00791. The average molecular weight is 395 g/mol. The zero-order valence-corrected chi connectivity index (χ0v) is 16.2. The molecule has 0 atom stereocenters. The molecule has 1 saturated carbocycles. The number of aromatic carboxylic acids is 1. The Morgan fingerprint density at radius 1 is 1.17 bits per heavy atom. The molecule has 1 saturated heterocycles. The van der Waals surface area contributed by atoms with Gasteiger partial charge in [0.25, 0.3) is 0 Å². The highest BCUT2D eigenvalue weighted by Gasteiger charge is 2.27. The molecule has 0 unspecified atom stereocenters. The number of aromatic nitrogens is 3. The lowest BCUT2D eigenvalue weighted by atomic mass is 9.90. The molecule has 0 bridgehead atoms. The fourth-order valence-electron chi connectivity index (χ4n) is 4.69. The van der Waals surface area contributed by atoms with Crippen molar-refractivity contribution < 1.29 is 14.6 Å². The summed E-state index contributed by atoms with van der Waals surface area (Å²) in [4.78, 5) is 26.1. The van der Waals surface area contributed by atoms with E-state index in [0.29, 0.717) is 12.1 Å². The monoisotopic (exact) mass is 395 g/mol. The number of rotatable bonds is 4. The van der Waals surface area contributed by atoms with E-state index in [-0.39, 0.29) is 5.56 Å². The van der Waals surface area contributed by atoms with Crippen LogP contribution in [0.15, 0.2) is 24.5 Å². The molecule has 8 heteroatoms. The largest absolute Gasteiger partial charge is 0.478 e. The number of nitrogens with one attached hydrogen (secondary N) is 2. The molecular formula is C21H25N5O3. The molecule has 1 aliphatic carbocycles. The lowest BCUT2D eigenvalue weighted by Crippen LogP contribution is -2.46. The highest BCUT2D eigenvalue weighted by molar-refractivity contribution is 6.12. The third-order valence-corrected chi connectivity index (χ3v) is 6.24. The molecule has 0 radical (unpaired) electrons. The Kier molecular flexibility index (Phi) is 4.81. The predicted octanol–water partition coefficient (Wildman–Crippen LogP) is 2.86. The van der Waals surface area contributed by atoms with E-state index in [9.17, 15) is 9.90 Å². The van der Waals surface area contributed by atoms with Gasteiger partial charge in [-0.15, -0.1) is 0 Å². The third-order valence-electron chi connectivity index (χ3n) is 6.24. The summed E-state index contributed by atoms with van der Waals surface area (Å²) in [5, 5.41) is 14.7. The van der Waals surface area contributed by atoms with E-state index in [1.807, 2.05) is 0 Å². The highest BCUT2D eigenvalue weighted by Crippen LogP contribution is 2.32. The van der Waals surface area contributed by atoms with Crippen LogP contribution in [0.1, 0.15) is 36.0 Å². The van der Waals surface area contributed by atoms with Crippen LogP contribution in [0, 0.1) is 0 Å². The number of ether oxygens (including phenoxy) is 1. The number of aromatic amines is 1. The van der Waals surface area contributed by atoms with Gasteiger partial charge >= 0.3 is 5.97 Å². The van der Waals surface area contributed by atoms with Crippen LogP contribution in [-0.2, 0) is 4.74 Å². The molecule has 5 rings (SSSR count). The van der Waals surface area contributed by atoms with Gasteiger partial charge in [-0.25, -0.2) is 14.8 Å². The predicted molar refractivity (Wildman–Crippen MR) is 110 cm³/mol. The molecule has 0 amide bonds. The standard InChI is InChI=1S/C21H25N5O3/c27-21(28)13-1-6-17-16(11-13)18-19(22-12-23-20(18)25-17)24-14-2-4-15(5-3-14)26-7-9-29-10-8-26/h1,6,11-12,14-15H,2-5,7-10H2,(H,27,28)(H2,22,23,24,25). The van der Waals surface area contributed by atoms with Gasteiger partial charge in [0.1, 0.15) is 17.8 Å². The zero-order valence-electron chi connectivity index (χ0n) is 16.2. The molecule has 3 N–H and O–H groups in total. The van der Waals surface area contributed by atoms with Crippen LogP contribution in [0.25, 0.3) is 21.9 Å². The first-order valence-corrected chi connectivity index (χ1v) is 10.3. The van der Waals surface area contributed by atoms with Gasteiger partial charge in [-0.2, -0.15) is 0 Å². The van der Waals surface area contributed by atoms with Crippen molar-refractivity contribution in [3.8, 4) is 0 Å². The fourth-order valence-corrected chi connectivity index (χ4v) is 4.69. The highest BCUT2D eigenvalue weighted by atomic mass is 16.5. The van der Waals surface area contributed by atoms with Crippen LogP contribution in [0.5, 0.6) is 0 Å². The van der Waals surface area contributed by atoms with Crippen molar-refractivity contribution >= 4 is 33.7 Å². The second-order valence-corrected chi connectivity index (χ2v) is 7.93. The van der Waals surface area contributed by atoms with E-state index in [4.69, 9.17) is 4.74 Å².